The van der Waals surface area contributed by atoms with Crippen molar-refractivity contribution in [1.82, 2.24) is 4.57 Å². The van der Waals surface area contributed by atoms with Crippen LogP contribution in [0.3, 0.4) is 0 Å². The quantitative estimate of drug-likeness (QED) is 0.113. The molecule has 4 aromatic rings. The van der Waals surface area contributed by atoms with Gasteiger partial charge in [-0.2, -0.15) is 47.9 Å². The average Bonchev–Trinajstić information content (AvgIpc) is 3.48. The number of nitrogens with zero attached hydrogens (tertiary/aromatic N) is 2. The lowest BCUT2D eigenvalue weighted by Crippen LogP contribution is -2.63. The summed E-state index contributed by atoms with van der Waals surface area (Å²) in [5.41, 5.74) is 1.85. The number of ketones is 2. The molecule has 5 rings (SSSR count). The highest BCUT2D eigenvalue weighted by atomic mass is 32.2. The van der Waals surface area contributed by atoms with Gasteiger partial charge in [-0.05, 0) is 54.9 Å². The van der Waals surface area contributed by atoms with Gasteiger partial charge < -0.3 is 9.30 Å². The molecule has 244 valence electrons. The highest BCUT2D eigenvalue weighted by Gasteiger charge is 2.86. The average molecular weight is 681 g/mol. The number of aryl methyl sites for hydroxylation is 2. The van der Waals surface area contributed by atoms with Gasteiger partial charge in [0.2, 0.25) is 0 Å². The molecule has 0 saturated carbocycles. The van der Waals surface area contributed by atoms with E-state index < -0.39 is 45.1 Å². The number of Topliss-reactive ketones (excluding diaryl/α,β-unsaturated/α-hetero) is 1. The van der Waals surface area contributed by atoms with E-state index in [2.05, 4.69) is 9.44 Å². The molecule has 0 unspecified atom stereocenters. The second kappa shape index (κ2) is 10.5. The van der Waals surface area contributed by atoms with Crippen LogP contribution < -0.4 is 4.74 Å². The van der Waals surface area contributed by atoms with Crippen LogP contribution in [0, 0.1) is 6.92 Å². The van der Waals surface area contributed by atoms with E-state index in [9.17, 15) is 57.5 Å². The second-order valence-corrected chi connectivity index (χ2v) is 11.5. The number of carbonyl (C=O) groups excluding carboxylic acids is 2. The van der Waals surface area contributed by atoms with Crippen molar-refractivity contribution in [2.75, 3.05) is 0 Å². The number of alkyl halides is 9. The summed E-state index contributed by atoms with van der Waals surface area (Å²) in [6.07, 6.45) is -7.29. The van der Waals surface area contributed by atoms with Crippen LogP contribution in [-0.4, -0.2) is 53.7 Å². The summed E-state index contributed by atoms with van der Waals surface area (Å²) in [5, 5.41) is -4.24. The number of benzene rings is 3. The molecule has 0 N–H and O–H groups in total. The molecule has 2 heterocycles. The topological polar surface area (TPSA) is 104 Å². The van der Waals surface area contributed by atoms with Gasteiger partial charge in [-0.1, -0.05) is 24.3 Å². The minimum Gasteiger partial charge on any atom is -0.432 e. The molecular formula is C28H17F9N2O6S. The smallest absolute Gasteiger partial charge is 0.432 e. The maximum atomic E-state index is 14.0. The molecule has 8 nitrogen and oxygen atoms in total. The largest absolute Gasteiger partial charge is 0.460 e. The summed E-state index contributed by atoms with van der Waals surface area (Å²) < 4.78 is 153. The van der Waals surface area contributed by atoms with Crippen LogP contribution in [-0.2, 0) is 20.9 Å². The minimum atomic E-state index is -7.57. The monoisotopic (exact) mass is 680 g/mol. The molecule has 46 heavy (non-hydrogen) atoms. The van der Waals surface area contributed by atoms with Crippen molar-refractivity contribution in [1.29, 1.82) is 0 Å². The Balaban J connectivity index is 1.57. The van der Waals surface area contributed by atoms with Gasteiger partial charge in [0, 0.05) is 28.6 Å². The molecule has 1 aliphatic rings. The Bertz CT molecular complexity index is 2090. The first-order valence-corrected chi connectivity index (χ1v) is 14.2. The van der Waals surface area contributed by atoms with E-state index in [0.29, 0.717) is 34.1 Å². The van der Waals surface area contributed by atoms with E-state index >= 15 is 0 Å². The van der Waals surface area contributed by atoms with E-state index in [1.165, 1.54) is 12.1 Å². The second-order valence-electron chi connectivity index (χ2n) is 9.98. The normalized spacial score (nSPS) is 15.5. The Morgan fingerprint density at radius 1 is 0.913 bits per heavy atom. The van der Waals surface area contributed by atoms with Crippen LogP contribution in [0.1, 0.15) is 38.8 Å². The van der Waals surface area contributed by atoms with Crippen molar-refractivity contribution in [2.45, 2.75) is 43.7 Å². The van der Waals surface area contributed by atoms with Crippen molar-refractivity contribution in [3.63, 3.8) is 0 Å². The number of oxime groups is 1. The lowest BCUT2D eigenvalue weighted by molar-refractivity contribution is -0.382. The number of hydrogen-bond acceptors (Lipinski definition) is 7. The number of carbonyl (C=O) groups is 2. The minimum absolute atomic E-state index is 0.150. The predicted octanol–water partition coefficient (Wildman–Crippen LogP) is 7.01. The maximum Gasteiger partial charge on any atom is 0.460 e. The van der Waals surface area contributed by atoms with Gasteiger partial charge in [-0.3, -0.25) is 13.9 Å². The highest BCUT2D eigenvalue weighted by molar-refractivity contribution is 7.87. The van der Waals surface area contributed by atoms with E-state index in [0.717, 1.165) is 6.07 Å². The number of aromatic nitrogens is 1. The Hall–Kier alpha value is -4.61. The standard InChI is InChI=1S/C28H17F9N2O6S/c1-3-39-18-10-8-14(21(40)15-7-5-4-6-13(15)2)12-17(18)20-19(39)11-9-16-22(41)24(44-23(16)20)38-45-46(42,43)28(36,37)26(31,32)25(29,30)27(33,34)35/h4-12H,3H2,1-2H3/b38-24-. The molecule has 0 atom stereocenters. The fourth-order valence-corrected chi connectivity index (χ4v) is 5.58. The van der Waals surface area contributed by atoms with Gasteiger partial charge in [-0.25, -0.2) is 0 Å². The molecule has 0 amide bonds. The van der Waals surface area contributed by atoms with Crippen molar-refractivity contribution in [3.8, 4) is 5.75 Å². The van der Waals surface area contributed by atoms with Crippen molar-refractivity contribution in [3.05, 3.63) is 76.9 Å². The summed E-state index contributed by atoms with van der Waals surface area (Å²) in [5.74, 6) is -18.6. The SMILES string of the molecule is CCn1c2ccc(C(=O)c3ccccc3C)cc2c2c3c(ccc21)C(=O)/C(=N/OS(=O)(=O)C(F)(F)C(F)(F)C(F)(F)C(F)(F)F)O3. The predicted molar refractivity (Wildman–Crippen MR) is 143 cm³/mol. The molecular weight excluding hydrogens is 663 g/mol. The third-order valence-corrected chi connectivity index (χ3v) is 8.39. The van der Waals surface area contributed by atoms with Gasteiger partial charge in [0.25, 0.3) is 5.78 Å². The number of fused-ring (bicyclic) bond motifs is 5. The Morgan fingerprint density at radius 2 is 1.54 bits per heavy atom. The Kier molecular flexibility index (Phi) is 7.45. The van der Waals surface area contributed by atoms with Crippen LogP contribution >= 0.6 is 0 Å². The number of halogens is 9. The third-order valence-electron chi connectivity index (χ3n) is 7.24. The van der Waals surface area contributed by atoms with E-state index in [1.807, 2.05) is 0 Å². The van der Waals surface area contributed by atoms with Crippen LogP contribution in [0.15, 0.2) is 59.8 Å². The zero-order chi connectivity index (χ0) is 34.2. The first kappa shape index (κ1) is 32.8. The molecule has 0 bridgehead atoms. The summed E-state index contributed by atoms with van der Waals surface area (Å²) >= 11 is 0. The molecule has 1 aliphatic heterocycles. The van der Waals surface area contributed by atoms with E-state index in [-0.39, 0.29) is 28.0 Å². The number of rotatable bonds is 8. The lowest BCUT2D eigenvalue weighted by Gasteiger charge is -2.31. The van der Waals surface area contributed by atoms with Crippen LogP contribution in [0.2, 0.25) is 0 Å². The molecule has 0 radical (unpaired) electrons. The fourth-order valence-electron chi connectivity index (χ4n) is 4.87. The van der Waals surface area contributed by atoms with Gasteiger partial charge in [0.05, 0.1) is 16.5 Å². The Labute approximate surface area is 252 Å². The summed E-state index contributed by atoms with van der Waals surface area (Å²) in [7, 11) is -7.41. The molecule has 1 aromatic heterocycles. The molecule has 3 aromatic carbocycles. The summed E-state index contributed by atoms with van der Waals surface area (Å²) in [6.45, 7) is 3.82. The first-order chi connectivity index (χ1) is 21.2. The lowest BCUT2D eigenvalue weighted by atomic mass is 9.97. The van der Waals surface area contributed by atoms with Crippen molar-refractivity contribution in [2.24, 2.45) is 5.16 Å². The Morgan fingerprint density at radius 3 is 2.15 bits per heavy atom. The summed E-state index contributed by atoms with van der Waals surface area (Å²) in [6, 6.07) is 14.0. The van der Waals surface area contributed by atoms with Crippen molar-refractivity contribution >= 4 is 49.4 Å². The highest BCUT2D eigenvalue weighted by Crippen LogP contribution is 2.55. The molecule has 18 heteroatoms. The molecule has 0 saturated heterocycles. The zero-order valence-electron chi connectivity index (χ0n) is 23.1. The van der Waals surface area contributed by atoms with Crippen molar-refractivity contribution < 1.29 is 66.5 Å². The van der Waals surface area contributed by atoms with Gasteiger partial charge in [0.15, 0.2) is 11.5 Å². The van der Waals surface area contributed by atoms with Gasteiger partial charge in [0.1, 0.15) is 0 Å². The number of hydrogen-bond donors (Lipinski definition) is 0. The zero-order valence-corrected chi connectivity index (χ0v) is 23.9. The maximum absolute atomic E-state index is 14.0. The van der Waals surface area contributed by atoms with E-state index in [1.54, 1.807) is 54.8 Å². The van der Waals surface area contributed by atoms with Crippen LogP contribution in [0.5, 0.6) is 5.75 Å². The van der Waals surface area contributed by atoms with Crippen LogP contribution in [0.25, 0.3) is 21.8 Å². The number of ether oxygens (including phenoxy) is 1. The van der Waals surface area contributed by atoms with Gasteiger partial charge >= 0.3 is 39.3 Å². The fraction of sp³-hybridized carbons (Fsp3) is 0.250. The third kappa shape index (κ3) is 4.60. The van der Waals surface area contributed by atoms with Crippen LogP contribution in [0.4, 0.5) is 39.5 Å². The first-order valence-electron chi connectivity index (χ1n) is 12.8. The molecule has 0 spiro atoms. The molecule has 0 fully saturated rings. The summed E-state index contributed by atoms with van der Waals surface area (Å²) in [4.78, 5) is 26.2. The van der Waals surface area contributed by atoms with E-state index in [4.69, 9.17) is 4.74 Å². The molecule has 0 aliphatic carbocycles. The van der Waals surface area contributed by atoms with Gasteiger partial charge in [-0.15, -0.1) is 0 Å².